The molecule has 33 heavy (non-hydrogen) atoms. The molecule has 0 saturated carbocycles. The molecule has 11 N–H and O–H groups in total. The highest BCUT2D eigenvalue weighted by Crippen LogP contribution is 2.12. The summed E-state index contributed by atoms with van der Waals surface area (Å²) in [5, 5.41) is 26.2. The van der Waals surface area contributed by atoms with Crippen LogP contribution in [0.4, 0.5) is 0 Å². The Labute approximate surface area is 190 Å². The summed E-state index contributed by atoms with van der Waals surface area (Å²) in [4.78, 5) is 52.2. The molecule has 0 spiro atoms. The molecule has 3 atom stereocenters. The van der Waals surface area contributed by atoms with E-state index in [0.717, 1.165) is 0 Å². The summed E-state index contributed by atoms with van der Waals surface area (Å²) in [5.41, 5.74) is 16.3. The predicted molar refractivity (Wildman–Crippen MR) is 120 cm³/mol. The maximum atomic E-state index is 12.9. The van der Waals surface area contributed by atoms with Gasteiger partial charge in [0.1, 0.15) is 23.9 Å². The van der Waals surface area contributed by atoms with Crippen LogP contribution < -0.4 is 33.2 Å². The molecule has 1 aromatic rings. The number of rotatable bonds is 13. The third-order valence-corrected chi connectivity index (χ3v) is 4.53. The van der Waals surface area contributed by atoms with Gasteiger partial charge in [0.15, 0.2) is 5.96 Å². The summed E-state index contributed by atoms with van der Waals surface area (Å²) in [7, 11) is 0. The molecule has 0 fully saturated rings. The lowest BCUT2D eigenvalue weighted by molar-refractivity contribution is -0.142. The molecule has 0 heterocycles. The molecule has 182 valence electrons. The van der Waals surface area contributed by atoms with Crippen molar-refractivity contribution in [3.05, 3.63) is 29.8 Å². The molecule has 0 aliphatic rings. The van der Waals surface area contributed by atoms with Gasteiger partial charge < -0.3 is 43.4 Å². The van der Waals surface area contributed by atoms with Gasteiger partial charge in [-0.25, -0.2) is 4.79 Å². The summed E-state index contributed by atoms with van der Waals surface area (Å²) in [6.07, 6.45) is 0.364. The summed E-state index contributed by atoms with van der Waals surface area (Å²) >= 11 is 0. The van der Waals surface area contributed by atoms with Crippen molar-refractivity contribution in [1.82, 2.24) is 16.0 Å². The van der Waals surface area contributed by atoms with E-state index >= 15 is 0 Å². The Balaban J connectivity index is 2.94. The van der Waals surface area contributed by atoms with Crippen LogP contribution in [0, 0.1) is 0 Å². The summed E-state index contributed by atoms with van der Waals surface area (Å²) in [6.45, 7) is 1.30. The number of phenols is 1. The lowest BCUT2D eigenvalue weighted by Gasteiger charge is -2.23. The van der Waals surface area contributed by atoms with Gasteiger partial charge in [-0.15, -0.1) is 0 Å². The molecule has 1 rings (SSSR count). The van der Waals surface area contributed by atoms with Crippen LogP contribution in [0.5, 0.6) is 5.75 Å². The first-order valence-corrected chi connectivity index (χ1v) is 10.2. The van der Waals surface area contributed by atoms with Crippen LogP contribution in [-0.2, 0) is 25.6 Å². The van der Waals surface area contributed by atoms with Crippen LogP contribution in [0.15, 0.2) is 29.3 Å². The van der Waals surface area contributed by atoms with Crippen molar-refractivity contribution in [2.24, 2.45) is 22.2 Å². The van der Waals surface area contributed by atoms with E-state index in [1.807, 2.05) is 0 Å². The zero-order valence-corrected chi connectivity index (χ0v) is 18.3. The van der Waals surface area contributed by atoms with Crippen molar-refractivity contribution < 1.29 is 29.4 Å². The highest BCUT2D eigenvalue weighted by Gasteiger charge is 2.28. The number of phenolic OH excluding ortho intramolecular Hbond substituents is 1. The molecule has 0 aliphatic heterocycles. The summed E-state index contributed by atoms with van der Waals surface area (Å²) < 4.78 is 0. The largest absolute Gasteiger partial charge is 0.508 e. The van der Waals surface area contributed by atoms with Crippen molar-refractivity contribution in [2.45, 2.75) is 44.3 Å². The number of aliphatic carboxylic acids is 1. The predicted octanol–water partition coefficient (Wildman–Crippen LogP) is -2.49. The number of aliphatic imine (C=N–C) groups is 1. The maximum Gasteiger partial charge on any atom is 0.326 e. The number of guanidine groups is 1. The smallest absolute Gasteiger partial charge is 0.326 e. The highest BCUT2D eigenvalue weighted by molar-refractivity contribution is 5.93. The Morgan fingerprint density at radius 3 is 2.15 bits per heavy atom. The van der Waals surface area contributed by atoms with Gasteiger partial charge in [0, 0.05) is 13.0 Å². The first-order valence-electron chi connectivity index (χ1n) is 10.2. The van der Waals surface area contributed by atoms with Gasteiger partial charge in [0.25, 0.3) is 0 Å². The van der Waals surface area contributed by atoms with E-state index in [1.165, 1.54) is 19.1 Å². The Kier molecular flexibility index (Phi) is 11.1. The number of benzene rings is 1. The van der Waals surface area contributed by atoms with Crippen LogP contribution in [0.1, 0.15) is 25.3 Å². The van der Waals surface area contributed by atoms with Crippen LogP contribution in [0.25, 0.3) is 0 Å². The van der Waals surface area contributed by atoms with Gasteiger partial charge in [-0.2, -0.15) is 0 Å². The summed E-state index contributed by atoms with van der Waals surface area (Å²) in [6, 6.07) is 2.58. The number of aromatic hydroxyl groups is 1. The monoisotopic (exact) mass is 465 g/mol. The van der Waals surface area contributed by atoms with E-state index in [0.29, 0.717) is 12.0 Å². The number of hydrogen-bond donors (Lipinski definition) is 8. The number of carbonyl (C=O) groups excluding carboxylic acids is 3. The summed E-state index contributed by atoms with van der Waals surface area (Å²) in [5.74, 6) is -3.30. The van der Waals surface area contributed by atoms with Gasteiger partial charge in [0.05, 0.1) is 6.54 Å². The molecular weight excluding hydrogens is 434 g/mol. The van der Waals surface area contributed by atoms with Crippen molar-refractivity contribution in [3.8, 4) is 5.75 Å². The van der Waals surface area contributed by atoms with E-state index in [1.54, 1.807) is 12.1 Å². The first-order chi connectivity index (χ1) is 15.5. The van der Waals surface area contributed by atoms with E-state index < -0.39 is 41.8 Å². The fraction of sp³-hybridized carbons (Fsp3) is 0.450. The van der Waals surface area contributed by atoms with Crippen molar-refractivity contribution in [1.29, 1.82) is 0 Å². The Hall–Kier alpha value is -3.87. The number of amides is 3. The number of nitrogens with one attached hydrogen (secondary N) is 3. The third kappa shape index (κ3) is 10.3. The molecular formula is C20H31N7O6. The highest BCUT2D eigenvalue weighted by atomic mass is 16.4. The van der Waals surface area contributed by atoms with Gasteiger partial charge in [0.2, 0.25) is 17.7 Å². The first kappa shape index (κ1) is 27.2. The van der Waals surface area contributed by atoms with Crippen LogP contribution in [-0.4, -0.2) is 71.1 Å². The SMILES string of the molecule is C[C@H](NC(=O)CN)C(=O)N[C@@H](Cc1ccc(O)cc1)C(=O)N[C@H](CCCN=C(N)N)C(=O)O. The second-order valence-corrected chi connectivity index (χ2v) is 7.27. The van der Waals surface area contributed by atoms with Gasteiger partial charge in [-0.1, -0.05) is 12.1 Å². The number of carbonyl (C=O) groups is 4. The molecule has 0 saturated heterocycles. The average Bonchev–Trinajstić information content (AvgIpc) is 2.75. The average molecular weight is 466 g/mol. The van der Waals surface area contributed by atoms with E-state index in [4.69, 9.17) is 17.2 Å². The third-order valence-electron chi connectivity index (χ3n) is 4.53. The molecule has 0 aliphatic carbocycles. The van der Waals surface area contributed by atoms with Crippen molar-refractivity contribution in [3.63, 3.8) is 0 Å². The minimum atomic E-state index is -1.26. The Morgan fingerprint density at radius 2 is 1.61 bits per heavy atom. The van der Waals surface area contributed by atoms with Gasteiger partial charge in [-0.3, -0.25) is 19.4 Å². The lowest BCUT2D eigenvalue weighted by atomic mass is 10.0. The molecule has 0 unspecified atom stereocenters. The number of hydrogen-bond acceptors (Lipinski definition) is 7. The topological polar surface area (TPSA) is 235 Å². The van der Waals surface area contributed by atoms with Crippen LogP contribution in [0.2, 0.25) is 0 Å². The number of carboxylic acids is 1. The fourth-order valence-corrected chi connectivity index (χ4v) is 2.77. The quantitative estimate of drug-likeness (QED) is 0.0872. The van der Waals surface area contributed by atoms with Gasteiger partial charge in [-0.05, 0) is 37.5 Å². The van der Waals surface area contributed by atoms with Crippen molar-refractivity contribution >= 4 is 29.7 Å². The van der Waals surface area contributed by atoms with E-state index in [2.05, 4.69) is 20.9 Å². The van der Waals surface area contributed by atoms with Gasteiger partial charge >= 0.3 is 5.97 Å². The zero-order valence-electron chi connectivity index (χ0n) is 18.3. The molecule has 0 radical (unpaired) electrons. The molecule has 1 aromatic carbocycles. The minimum absolute atomic E-state index is 0.00967. The number of nitrogens with zero attached hydrogens (tertiary/aromatic N) is 1. The zero-order chi connectivity index (χ0) is 25.0. The second-order valence-electron chi connectivity index (χ2n) is 7.27. The number of nitrogens with two attached hydrogens (primary N) is 3. The normalized spacial score (nSPS) is 13.2. The Bertz CT molecular complexity index is 855. The van der Waals surface area contributed by atoms with E-state index in [9.17, 15) is 29.4 Å². The van der Waals surface area contributed by atoms with Crippen LogP contribution >= 0.6 is 0 Å². The van der Waals surface area contributed by atoms with E-state index in [-0.39, 0.29) is 37.6 Å². The molecule has 0 bridgehead atoms. The van der Waals surface area contributed by atoms with Crippen molar-refractivity contribution in [2.75, 3.05) is 13.1 Å². The molecule has 13 nitrogen and oxygen atoms in total. The molecule has 13 heteroatoms. The standard InChI is InChI=1S/C20H31N7O6/c1-11(25-16(29)10-21)17(30)27-15(9-12-4-6-13(28)7-5-12)18(31)26-14(19(32)33)3-2-8-24-20(22)23/h4-7,11,14-15,28H,2-3,8-10,21H2,1H3,(H,25,29)(H,26,31)(H,27,30)(H,32,33)(H4,22,23,24)/t11-,14+,15-/m0/s1. The van der Waals surface area contributed by atoms with Crippen LogP contribution in [0.3, 0.4) is 0 Å². The molecule has 3 amide bonds. The Morgan fingerprint density at radius 1 is 1.00 bits per heavy atom. The molecule has 0 aromatic heterocycles. The second kappa shape index (κ2) is 13.5. The fourth-order valence-electron chi connectivity index (χ4n) is 2.77. The minimum Gasteiger partial charge on any atom is -0.508 e. The maximum absolute atomic E-state index is 12.9. The number of carboxylic acid groups (broad SMARTS) is 1. The lowest BCUT2D eigenvalue weighted by Crippen LogP contribution is -2.56.